The third kappa shape index (κ3) is 4.96. The first-order chi connectivity index (χ1) is 25.6. The lowest BCUT2D eigenvalue weighted by Gasteiger charge is -2.55. The van der Waals surface area contributed by atoms with E-state index < -0.39 is 58.5 Å². The van der Waals surface area contributed by atoms with Crippen LogP contribution in [0.5, 0.6) is 17.2 Å². The van der Waals surface area contributed by atoms with Crippen molar-refractivity contribution in [2.75, 3.05) is 11.5 Å². The Kier molecular flexibility index (Phi) is 8.13. The molecule has 1 heterocycles. The minimum atomic E-state index is -1.53. The fourth-order valence-corrected chi connectivity index (χ4v) is 9.36. The standard InChI is InChI=1S/C43H35NO9/c1-2-53-34-15-9-14-29(39(34)48)37-26-18-19-28-36(41(50)44(40(28)49)25-16-17-27(42(51)52)33(45)20-25)31(26)21-32-38(47)30(23-10-5-3-6-11-23)22-35(46)43(32,37)24-12-7-4-8-13-24/h3-18,20,22,28,31-32,36-37,45,48H,2,19,21H2,1H3,(H,51,52)/t28-,31+,32-,36-,37+,43-/m0/s1. The second-order valence-corrected chi connectivity index (χ2v) is 13.9. The molecule has 0 unspecified atom stereocenters. The maximum Gasteiger partial charge on any atom is 0.339 e. The van der Waals surface area contributed by atoms with Gasteiger partial charge in [-0.2, -0.15) is 0 Å². The molecule has 8 rings (SSSR count). The molecule has 3 N–H and O–H groups in total. The number of phenolic OH excluding ortho intramolecular Hbond substituents is 1. The average molecular weight is 710 g/mol. The number of hydrogen-bond donors (Lipinski definition) is 3. The first kappa shape index (κ1) is 33.8. The van der Waals surface area contributed by atoms with Gasteiger partial charge in [-0.1, -0.05) is 84.4 Å². The van der Waals surface area contributed by atoms with Crippen LogP contribution >= 0.6 is 0 Å². The second-order valence-electron chi connectivity index (χ2n) is 13.9. The van der Waals surface area contributed by atoms with E-state index in [0.29, 0.717) is 22.3 Å². The Morgan fingerprint density at radius 2 is 1.58 bits per heavy atom. The summed E-state index contributed by atoms with van der Waals surface area (Å²) in [4.78, 5) is 71.5. The molecule has 1 saturated carbocycles. The molecule has 4 aromatic rings. The van der Waals surface area contributed by atoms with Crippen molar-refractivity contribution >= 4 is 40.6 Å². The Morgan fingerprint density at radius 3 is 2.26 bits per heavy atom. The van der Waals surface area contributed by atoms with Gasteiger partial charge in [-0.15, -0.1) is 0 Å². The van der Waals surface area contributed by atoms with Crippen molar-refractivity contribution in [1.82, 2.24) is 0 Å². The van der Waals surface area contributed by atoms with Gasteiger partial charge in [0.2, 0.25) is 11.8 Å². The van der Waals surface area contributed by atoms with Crippen LogP contribution in [0.2, 0.25) is 0 Å². The van der Waals surface area contributed by atoms with Crippen LogP contribution in [0.25, 0.3) is 5.57 Å². The van der Waals surface area contributed by atoms with Crippen LogP contribution < -0.4 is 9.64 Å². The first-order valence-corrected chi connectivity index (χ1v) is 17.6. The number of aromatic hydroxyl groups is 2. The lowest BCUT2D eigenvalue weighted by atomic mass is 9.44. The smallest absolute Gasteiger partial charge is 0.339 e. The zero-order chi connectivity index (χ0) is 37.2. The topological polar surface area (TPSA) is 159 Å². The Morgan fingerprint density at radius 1 is 0.868 bits per heavy atom. The molecule has 1 aliphatic heterocycles. The minimum Gasteiger partial charge on any atom is -0.507 e. The molecule has 0 bridgehead atoms. The van der Waals surface area contributed by atoms with Gasteiger partial charge in [-0.3, -0.25) is 19.2 Å². The summed E-state index contributed by atoms with van der Waals surface area (Å²) >= 11 is 0. The molecule has 4 aromatic carbocycles. The van der Waals surface area contributed by atoms with E-state index in [1.54, 1.807) is 49.4 Å². The molecule has 0 aromatic heterocycles. The van der Waals surface area contributed by atoms with Gasteiger partial charge in [0.15, 0.2) is 23.1 Å². The van der Waals surface area contributed by atoms with Crippen LogP contribution in [0.15, 0.2) is 115 Å². The summed E-state index contributed by atoms with van der Waals surface area (Å²) in [7, 11) is 0. The number of amides is 2. The Hall–Kier alpha value is -6.29. The van der Waals surface area contributed by atoms with Crippen molar-refractivity contribution in [1.29, 1.82) is 0 Å². The van der Waals surface area contributed by atoms with Crippen molar-refractivity contribution in [2.45, 2.75) is 31.1 Å². The number of rotatable bonds is 7. The largest absolute Gasteiger partial charge is 0.507 e. The number of carbonyl (C=O) groups excluding carboxylic acids is 4. The number of imide groups is 1. The normalized spacial score (nSPS) is 26.3. The molecule has 10 heteroatoms. The van der Waals surface area contributed by atoms with Gasteiger partial charge in [0.25, 0.3) is 0 Å². The van der Waals surface area contributed by atoms with Crippen molar-refractivity contribution in [3.63, 3.8) is 0 Å². The van der Waals surface area contributed by atoms with E-state index in [1.807, 2.05) is 42.5 Å². The molecule has 0 radical (unpaired) electrons. The summed E-state index contributed by atoms with van der Waals surface area (Å²) in [6, 6.07) is 26.6. The predicted octanol–water partition coefficient (Wildman–Crippen LogP) is 6.22. The second kappa shape index (κ2) is 12.7. The Balaban J connectivity index is 1.35. The summed E-state index contributed by atoms with van der Waals surface area (Å²) in [5, 5.41) is 31.8. The molecule has 266 valence electrons. The fraction of sp³-hybridized carbons (Fsp3) is 0.233. The number of ether oxygens (including phenoxy) is 1. The highest BCUT2D eigenvalue weighted by atomic mass is 16.5. The summed E-state index contributed by atoms with van der Waals surface area (Å²) in [6.07, 6.45) is 3.51. The van der Waals surface area contributed by atoms with Gasteiger partial charge < -0.3 is 20.1 Å². The number of allylic oxidation sites excluding steroid dienone is 4. The Bertz CT molecular complexity index is 2280. The molecule has 10 nitrogen and oxygen atoms in total. The molecule has 3 aliphatic carbocycles. The van der Waals surface area contributed by atoms with Gasteiger partial charge in [0.1, 0.15) is 11.3 Å². The molecular weight excluding hydrogens is 674 g/mol. The number of carboxylic acid groups (broad SMARTS) is 1. The predicted molar refractivity (Wildman–Crippen MR) is 193 cm³/mol. The maximum absolute atomic E-state index is 15.2. The van der Waals surface area contributed by atoms with E-state index in [4.69, 9.17) is 4.74 Å². The number of carbonyl (C=O) groups is 5. The van der Waals surface area contributed by atoms with E-state index in [9.17, 15) is 29.7 Å². The first-order valence-electron chi connectivity index (χ1n) is 17.6. The van der Waals surface area contributed by atoms with Crippen molar-refractivity contribution in [3.8, 4) is 17.2 Å². The van der Waals surface area contributed by atoms with Crippen molar-refractivity contribution < 1.29 is 44.0 Å². The fourth-order valence-electron chi connectivity index (χ4n) is 9.36. The molecule has 2 fully saturated rings. The number of Topliss-reactive ketones (excluding diaryl/α,β-unsaturated/α-hetero) is 1. The highest BCUT2D eigenvalue weighted by Gasteiger charge is 2.66. The van der Waals surface area contributed by atoms with E-state index in [-0.39, 0.29) is 59.3 Å². The zero-order valence-corrected chi connectivity index (χ0v) is 28.6. The molecular formula is C43H35NO9. The van der Waals surface area contributed by atoms with Gasteiger partial charge in [0.05, 0.1) is 29.5 Å². The van der Waals surface area contributed by atoms with Crippen LogP contribution in [0.4, 0.5) is 5.69 Å². The van der Waals surface area contributed by atoms with Gasteiger partial charge in [0, 0.05) is 29.0 Å². The summed E-state index contributed by atoms with van der Waals surface area (Å²) in [5.74, 6) is -7.98. The molecule has 53 heavy (non-hydrogen) atoms. The van der Waals surface area contributed by atoms with Crippen molar-refractivity contribution in [2.24, 2.45) is 23.7 Å². The average Bonchev–Trinajstić information content (AvgIpc) is 3.42. The number of nitrogens with zero attached hydrogens (tertiary/aromatic N) is 1. The summed E-state index contributed by atoms with van der Waals surface area (Å²) < 4.78 is 5.80. The third-order valence-electron chi connectivity index (χ3n) is 11.5. The van der Waals surface area contributed by atoms with Crippen molar-refractivity contribution in [3.05, 3.63) is 137 Å². The third-order valence-corrected chi connectivity index (χ3v) is 11.5. The summed E-state index contributed by atoms with van der Waals surface area (Å²) in [6.45, 7) is 2.05. The van der Waals surface area contributed by atoms with Crippen LogP contribution in [-0.4, -0.2) is 51.3 Å². The highest BCUT2D eigenvalue weighted by Crippen LogP contribution is 2.65. The Labute approximate surface area is 304 Å². The monoisotopic (exact) mass is 709 g/mol. The van der Waals surface area contributed by atoms with E-state index in [1.165, 1.54) is 12.1 Å². The molecule has 0 spiro atoms. The van der Waals surface area contributed by atoms with Crippen LogP contribution in [-0.2, 0) is 24.6 Å². The molecule has 2 amide bonds. The number of benzene rings is 4. The minimum absolute atomic E-state index is 0.0321. The number of para-hydroxylation sites is 1. The number of hydrogen-bond acceptors (Lipinski definition) is 8. The number of carboxylic acids is 1. The summed E-state index contributed by atoms with van der Waals surface area (Å²) in [5.41, 5.74) is 0.572. The molecule has 6 atom stereocenters. The molecule has 4 aliphatic rings. The zero-order valence-electron chi connectivity index (χ0n) is 28.6. The number of phenols is 2. The van der Waals surface area contributed by atoms with Gasteiger partial charge in [-0.25, -0.2) is 9.69 Å². The maximum atomic E-state index is 15.2. The number of aromatic carboxylic acids is 1. The van der Waals surface area contributed by atoms with Crippen LogP contribution in [0.3, 0.4) is 0 Å². The van der Waals surface area contributed by atoms with Gasteiger partial charge >= 0.3 is 5.97 Å². The number of anilines is 1. The molecule has 1 saturated heterocycles. The van der Waals surface area contributed by atoms with Crippen LogP contribution in [0.1, 0.15) is 52.7 Å². The van der Waals surface area contributed by atoms with E-state index in [2.05, 4.69) is 0 Å². The SMILES string of the molecule is CCOc1cccc([C@H]2C3=CC[C@@H]4C(=O)N(c5ccc(C(=O)O)c(O)c5)C(=O)[C@@H]4[C@@H]3C[C@H]3C(=O)C(c4ccccc4)=CC(=O)[C@@]23c2ccccc2)c1O. The quantitative estimate of drug-likeness (QED) is 0.150. The van der Waals surface area contributed by atoms with E-state index >= 15 is 9.59 Å². The number of ketones is 2. The lowest BCUT2D eigenvalue weighted by Crippen LogP contribution is -2.58. The van der Waals surface area contributed by atoms with Crippen LogP contribution in [0, 0.1) is 23.7 Å². The van der Waals surface area contributed by atoms with Gasteiger partial charge in [-0.05, 0) is 61.1 Å². The van der Waals surface area contributed by atoms with E-state index in [0.717, 1.165) is 17.0 Å². The lowest BCUT2D eigenvalue weighted by molar-refractivity contribution is -0.135. The number of fused-ring (bicyclic) bond motifs is 4. The highest BCUT2D eigenvalue weighted by molar-refractivity contribution is 6.32.